The number of hydrogen-bond donors (Lipinski definition) is 2. The molecular formula is C10H16N2O3. The van der Waals surface area contributed by atoms with E-state index < -0.39 is 0 Å². The molecule has 1 amide bonds. The van der Waals surface area contributed by atoms with Gasteiger partial charge < -0.3 is 14.9 Å². The predicted octanol–water partition coefficient (Wildman–Crippen LogP) is 0.730. The Bertz CT molecular complexity index is 333. The number of aryl methyl sites for hydroxylation is 1. The summed E-state index contributed by atoms with van der Waals surface area (Å²) in [6.45, 7) is 5.50. The van der Waals surface area contributed by atoms with Crippen molar-refractivity contribution in [3.8, 4) is 0 Å². The van der Waals surface area contributed by atoms with Crippen molar-refractivity contribution in [2.24, 2.45) is 5.92 Å². The van der Waals surface area contributed by atoms with E-state index in [1.54, 1.807) is 13.0 Å². The highest BCUT2D eigenvalue weighted by atomic mass is 16.5. The zero-order chi connectivity index (χ0) is 11.4. The maximum absolute atomic E-state index is 11.6. The van der Waals surface area contributed by atoms with E-state index in [4.69, 9.17) is 9.63 Å². The molecule has 0 saturated heterocycles. The highest BCUT2D eigenvalue weighted by molar-refractivity contribution is 5.91. The number of aliphatic hydroxyl groups is 1. The van der Waals surface area contributed by atoms with Gasteiger partial charge in [0, 0.05) is 6.07 Å². The van der Waals surface area contributed by atoms with Crippen LogP contribution in [0.15, 0.2) is 10.6 Å². The molecule has 5 heteroatoms. The van der Waals surface area contributed by atoms with Crippen molar-refractivity contribution < 1.29 is 14.4 Å². The number of aliphatic hydroxyl groups excluding tert-OH is 1. The summed E-state index contributed by atoms with van der Waals surface area (Å²) < 4.78 is 4.81. The Balaban J connectivity index is 2.62. The smallest absolute Gasteiger partial charge is 0.290 e. The number of nitrogens with one attached hydrogen (secondary N) is 1. The zero-order valence-corrected chi connectivity index (χ0v) is 9.15. The van der Waals surface area contributed by atoms with Crippen molar-refractivity contribution >= 4 is 5.91 Å². The van der Waals surface area contributed by atoms with E-state index in [1.165, 1.54) is 0 Å². The molecular weight excluding hydrogens is 196 g/mol. The van der Waals surface area contributed by atoms with E-state index in [-0.39, 0.29) is 30.2 Å². The summed E-state index contributed by atoms with van der Waals surface area (Å²) >= 11 is 0. The molecule has 2 N–H and O–H groups in total. The number of rotatable bonds is 4. The molecule has 1 atom stereocenters. The van der Waals surface area contributed by atoms with Crippen molar-refractivity contribution in [1.29, 1.82) is 0 Å². The highest BCUT2D eigenvalue weighted by Gasteiger charge is 2.18. The third-order valence-electron chi connectivity index (χ3n) is 2.17. The van der Waals surface area contributed by atoms with Gasteiger partial charge in [-0.05, 0) is 12.8 Å². The number of amides is 1. The minimum Gasteiger partial charge on any atom is -0.394 e. The lowest BCUT2D eigenvalue weighted by Crippen LogP contribution is -2.41. The first-order valence-electron chi connectivity index (χ1n) is 4.89. The Hall–Kier alpha value is -1.36. The normalized spacial score (nSPS) is 12.9. The molecule has 1 rings (SSSR count). The first-order chi connectivity index (χ1) is 7.04. The van der Waals surface area contributed by atoms with Crippen molar-refractivity contribution in [3.05, 3.63) is 17.5 Å². The Morgan fingerprint density at radius 2 is 2.33 bits per heavy atom. The van der Waals surface area contributed by atoms with E-state index in [2.05, 4.69) is 10.5 Å². The molecule has 0 saturated carbocycles. The van der Waals surface area contributed by atoms with Crippen LogP contribution in [-0.2, 0) is 0 Å². The van der Waals surface area contributed by atoms with Crippen LogP contribution in [-0.4, -0.2) is 28.8 Å². The second-order valence-corrected chi connectivity index (χ2v) is 3.84. The highest BCUT2D eigenvalue weighted by Crippen LogP contribution is 2.05. The van der Waals surface area contributed by atoms with Gasteiger partial charge in [-0.15, -0.1) is 0 Å². The molecule has 0 spiro atoms. The van der Waals surface area contributed by atoms with Gasteiger partial charge >= 0.3 is 0 Å². The maximum atomic E-state index is 11.6. The van der Waals surface area contributed by atoms with E-state index in [1.807, 2.05) is 13.8 Å². The van der Waals surface area contributed by atoms with Gasteiger partial charge in [0.15, 0.2) is 0 Å². The van der Waals surface area contributed by atoms with Gasteiger partial charge in [0.25, 0.3) is 5.91 Å². The lowest BCUT2D eigenvalue weighted by Gasteiger charge is -2.18. The molecule has 5 nitrogen and oxygen atoms in total. The molecule has 0 radical (unpaired) electrons. The van der Waals surface area contributed by atoms with Crippen LogP contribution < -0.4 is 5.32 Å². The van der Waals surface area contributed by atoms with Gasteiger partial charge in [-0.2, -0.15) is 0 Å². The summed E-state index contributed by atoms with van der Waals surface area (Å²) in [6, 6.07) is 1.30. The van der Waals surface area contributed by atoms with Crippen LogP contribution >= 0.6 is 0 Å². The summed E-state index contributed by atoms with van der Waals surface area (Å²) in [7, 11) is 0. The Kier molecular flexibility index (Phi) is 3.85. The van der Waals surface area contributed by atoms with Crippen LogP contribution in [0, 0.1) is 12.8 Å². The predicted molar refractivity (Wildman–Crippen MR) is 54.4 cm³/mol. The van der Waals surface area contributed by atoms with E-state index in [9.17, 15) is 4.79 Å². The van der Waals surface area contributed by atoms with Crippen molar-refractivity contribution in [2.75, 3.05) is 6.61 Å². The topological polar surface area (TPSA) is 75.4 Å². The number of nitrogens with zero attached hydrogens (tertiary/aromatic N) is 1. The molecule has 1 heterocycles. The molecule has 0 aliphatic carbocycles. The zero-order valence-electron chi connectivity index (χ0n) is 9.15. The number of carbonyl (C=O) groups excluding carboxylic acids is 1. The monoisotopic (exact) mass is 212 g/mol. The largest absolute Gasteiger partial charge is 0.394 e. The summed E-state index contributed by atoms with van der Waals surface area (Å²) in [5.41, 5.74) is 0.658. The van der Waals surface area contributed by atoms with Gasteiger partial charge in [0.2, 0.25) is 5.76 Å². The lowest BCUT2D eigenvalue weighted by atomic mass is 10.1. The quantitative estimate of drug-likeness (QED) is 0.771. The van der Waals surface area contributed by atoms with Crippen LogP contribution in [0.2, 0.25) is 0 Å². The van der Waals surface area contributed by atoms with E-state index >= 15 is 0 Å². The molecule has 1 aromatic heterocycles. The van der Waals surface area contributed by atoms with Gasteiger partial charge in [0.1, 0.15) is 0 Å². The van der Waals surface area contributed by atoms with Crippen LogP contribution in [0.5, 0.6) is 0 Å². The molecule has 0 fully saturated rings. The van der Waals surface area contributed by atoms with Crippen LogP contribution in [0.3, 0.4) is 0 Å². The number of hydrogen-bond acceptors (Lipinski definition) is 4. The first kappa shape index (κ1) is 11.7. The minimum atomic E-state index is -0.344. The van der Waals surface area contributed by atoms with Gasteiger partial charge in [0.05, 0.1) is 18.3 Å². The Morgan fingerprint density at radius 3 is 2.73 bits per heavy atom. The first-order valence-corrected chi connectivity index (χ1v) is 4.89. The fraction of sp³-hybridized carbons (Fsp3) is 0.600. The molecule has 84 valence electrons. The van der Waals surface area contributed by atoms with E-state index in [0.29, 0.717) is 5.69 Å². The third kappa shape index (κ3) is 3.06. The average Bonchev–Trinajstić information content (AvgIpc) is 2.60. The summed E-state index contributed by atoms with van der Waals surface area (Å²) in [6.07, 6.45) is 0. The number of carbonyl (C=O) groups is 1. The van der Waals surface area contributed by atoms with Gasteiger partial charge in [-0.25, -0.2) is 0 Å². The van der Waals surface area contributed by atoms with E-state index in [0.717, 1.165) is 0 Å². The van der Waals surface area contributed by atoms with Gasteiger partial charge in [-0.1, -0.05) is 19.0 Å². The fourth-order valence-corrected chi connectivity index (χ4v) is 1.13. The summed E-state index contributed by atoms with van der Waals surface area (Å²) in [5, 5.41) is 15.3. The van der Waals surface area contributed by atoms with Crippen LogP contribution in [0.4, 0.5) is 0 Å². The molecule has 15 heavy (non-hydrogen) atoms. The van der Waals surface area contributed by atoms with Crippen molar-refractivity contribution in [3.63, 3.8) is 0 Å². The summed E-state index contributed by atoms with van der Waals surface area (Å²) in [5.74, 6) is -0.00193. The number of aromatic nitrogens is 1. The molecule has 0 aliphatic rings. The Labute approximate surface area is 88.5 Å². The molecule has 1 aromatic rings. The lowest BCUT2D eigenvalue weighted by molar-refractivity contribution is 0.0859. The second kappa shape index (κ2) is 4.93. The molecule has 0 aliphatic heterocycles. The minimum absolute atomic E-state index is 0.0868. The Morgan fingerprint density at radius 1 is 1.67 bits per heavy atom. The average molecular weight is 212 g/mol. The molecule has 0 bridgehead atoms. The SMILES string of the molecule is Cc1cc(C(=O)N[C@H](CO)C(C)C)on1. The standard InChI is InChI=1S/C10H16N2O3/c1-6(2)8(5-13)11-10(14)9-4-7(3)12-15-9/h4,6,8,13H,5H2,1-3H3,(H,11,14)/t8-/m1/s1. The van der Waals surface area contributed by atoms with Crippen LogP contribution in [0.25, 0.3) is 0 Å². The van der Waals surface area contributed by atoms with Gasteiger partial charge in [-0.3, -0.25) is 4.79 Å². The molecule has 0 unspecified atom stereocenters. The second-order valence-electron chi connectivity index (χ2n) is 3.84. The van der Waals surface area contributed by atoms with Crippen molar-refractivity contribution in [2.45, 2.75) is 26.8 Å². The maximum Gasteiger partial charge on any atom is 0.290 e. The molecule has 0 aromatic carbocycles. The van der Waals surface area contributed by atoms with Crippen LogP contribution in [0.1, 0.15) is 30.1 Å². The third-order valence-corrected chi connectivity index (χ3v) is 2.17. The van der Waals surface area contributed by atoms with Crippen molar-refractivity contribution in [1.82, 2.24) is 10.5 Å². The summed E-state index contributed by atoms with van der Waals surface area (Å²) in [4.78, 5) is 11.6. The fourth-order valence-electron chi connectivity index (χ4n) is 1.13.